The highest BCUT2D eigenvalue weighted by atomic mass is 19.1. The van der Waals surface area contributed by atoms with Crippen LogP contribution in [0.4, 0.5) is 4.39 Å². The number of ether oxygens (including phenoxy) is 1. The lowest BCUT2D eigenvalue weighted by Crippen LogP contribution is -1.98. The van der Waals surface area contributed by atoms with Crippen LogP contribution in [-0.2, 0) is 0 Å². The monoisotopic (exact) mass is 373 g/mol. The molecule has 5 nitrogen and oxygen atoms in total. The molecule has 0 aliphatic heterocycles. The Labute approximate surface area is 160 Å². The van der Waals surface area contributed by atoms with Crippen molar-refractivity contribution < 1.29 is 13.9 Å². The SMILES string of the molecule is COc1ccc2cc(C(=O)/C=C/c3ccc(-n4cncn4)c(F)c3)ccc2c1. The molecule has 0 radical (unpaired) electrons. The lowest BCUT2D eigenvalue weighted by molar-refractivity contribution is 0.104. The second-order valence-corrected chi connectivity index (χ2v) is 6.18. The van der Waals surface area contributed by atoms with Gasteiger partial charge in [-0.1, -0.05) is 30.3 Å². The van der Waals surface area contributed by atoms with Crippen molar-refractivity contribution in [1.29, 1.82) is 0 Å². The number of nitrogens with zero attached hydrogens (tertiary/aromatic N) is 3. The van der Waals surface area contributed by atoms with E-state index in [9.17, 15) is 9.18 Å². The Morgan fingerprint density at radius 2 is 1.89 bits per heavy atom. The van der Waals surface area contributed by atoms with Crippen LogP contribution in [0.25, 0.3) is 22.5 Å². The number of methoxy groups -OCH3 is 1. The molecule has 138 valence electrons. The van der Waals surface area contributed by atoms with E-state index in [-0.39, 0.29) is 5.78 Å². The van der Waals surface area contributed by atoms with Crippen molar-refractivity contribution in [2.45, 2.75) is 0 Å². The van der Waals surface area contributed by atoms with Gasteiger partial charge in [-0.15, -0.1) is 0 Å². The van der Waals surface area contributed by atoms with Crippen LogP contribution in [0.5, 0.6) is 5.75 Å². The molecule has 28 heavy (non-hydrogen) atoms. The first-order chi connectivity index (χ1) is 13.6. The Morgan fingerprint density at radius 3 is 2.64 bits per heavy atom. The van der Waals surface area contributed by atoms with E-state index in [2.05, 4.69) is 10.1 Å². The van der Waals surface area contributed by atoms with Gasteiger partial charge in [-0.3, -0.25) is 4.79 Å². The molecule has 1 aromatic heterocycles. The van der Waals surface area contributed by atoms with Crippen LogP contribution in [0.2, 0.25) is 0 Å². The van der Waals surface area contributed by atoms with E-state index in [1.807, 2.05) is 30.3 Å². The number of carbonyl (C=O) groups is 1. The van der Waals surface area contributed by atoms with Crippen molar-refractivity contribution >= 4 is 22.6 Å². The minimum Gasteiger partial charge on any atom is -0.497 e. The van der Waals surface area contributed by atoms with Gasteiger partial charge in [0, 0.05) is 5.56 Å². The molecule has 0 aliphatic rings. The molecule has 0 unspecified atom stereocenters. The highest BCUT2D eigenvalue weighted by Gasteiger charge is 2.07. The number of hydrogen-bond acceptors (Lipinski definition) is 4. The zero-order valence-corrected chi connectivity index (χ0v) is 15.0. The molecule has 6 heteroatoms. The second kappa shape index (κ2) is 7.44. The molecule has 1 heterocycles. The summed E-state index contributed by atoms with van der Waals surface area (Å²) in [4.78, 5) is 16.3. The number of ketones is 1. The highest BCUT2D eigenvalue weighted by Crippen LogP contribution is 2.22. The predicted octanol–water partition coefficient (Wildman–Crippen LogP) is 4.46. The van der Waals surface area contributed by atoms with Gasteiger partial charge < -0.3 is 4.74 Å². The normalized spacial score (nSPS) is 11.2. The quantitative estimate of drug-likeness (QED) is 0.383. The number of allylic oxidation sites excluding steroid dienone is 1. The Bertz CT molecular complexity index is 1180. The second-order valence-electron chi connectivity index (χ2n) is 6.18. The van der Waals surface area contributed by atoms with Crippen molar-refractivity contribution in [2.75, 3.05) is 7.11 Å². The smallest absolute Gasteiger partial charge is 0.185 e. The number of carbonyl (C=O) groups excluding carboxylic acids is 1. The maximum Gasteiger partial charge on any atom is 0.185 e. The third kappa shape index (κ3) is 3.53. The van der Waals surface area contributed by atoms with Gasteiger partial charge in [-0.2, -0.15) is 5.10 Å². The van der Waals surface area contributed by atoms with Crippen LogP contribution in [0.3, 0.4) is 0 Å². The Morgan fingerprint density at radius 1 is 1.07 bits per heavy atom. The third-order valence-electron chi connectivity index (χ3n) is 4.40. The lowest BCUT2D eigenvalue weighted by atomic mass is 10.0. The fraction of sp³-hybridized carbons (Fsp3) is 0.0455. The van der Waals surface area contributed by atoms with Crippen molar-refractivity contribution in [3.8, 4) is 11.4 Å². The molecule has 0 aliphatic carbocycles. The van der Waals surface area contributed by atoms with Crippen molar-refractivity contribution in [1.82, 2.24) is 14.8 Å². The summed E-state index contributed by atoms with van der Waals surface area (Å²) in [5.41, 5.74) is 1.44. The van der Waals surface area contributed by atoms with Gasteiger partial charge in [0.15, 0.2) is 5.78 Å². The first kappa shape index (κ1) is 17.6. The van der Waals surface area contributed by atoms with E-state index in [4.69, 9.17) is 4.74 Å². The summed E-state index contributed by atoms with van der Waals surface area (Å²) < 4.78 is 20.8. The van der Waals surface area contributed by atoms with E-state index >= 15 is 0 Å². The van der Waals surface area contributed by atoms with Crippen molar-refractivity contribution in [2.24, 2.45) is 0 Å². The van der Waals surface area contributed by atoms with Gasteiger partial charge in [0.05, 0.1) is 7.11 Å². The molecule has 0 spiro atoms. The fourth-order valence-electron chi connectivity index (χ4n) is 2.92. The van der Waals surface area contributed by atoms with Gasteiger partial charge in [0.1, 0.15) is 29.9 Å². The number of rotatable bonds is 5. The van der Waals surface area contributed by atoms with E-state index in [1.54, 1.807) is 31.4 Å². The molecular formula is C22H16FN3O2. The van der Waals surface area contributed by atoms with Crippen molar-refractivity contribution in [3.05, 3.63) is 90.3 Å². The molecule has 0 saturated heterocycles. The largest absolute Gasteiger partial charge is 0.497 e. The Hall–Kier alpha value is -3.80. The molecule has 4 aromatic rings. The summed E-state index contributed by atoms with van der Waals surface area (Å²) in [6.45, 7) is 0. The first-order valence-electron chi connectivity index (χ1n) is 8.59. The summed E-state index contributed by atoms with van der Waals surface area (Å²) in [7, 11) is 1.62. The third-order valence-corrected chi connectivity index (χ3v) is 4.40. The predicted molar refractivity (Wildman–Crippen MR) is 105 cm³/mol. The summed E-state index contributed by atoms with van der Waals surface area (Å²) in [6, 6.07) is 15.8. The van der Waals surface area contributed by atoms with Gasteiger partial charge >= 0.3 is 0 Å². The molecule has 3 aromatic carbocycles. The summed E-state index contributed by atoms with van der Waals surface area (Å²) in [6.07, 6.45) is 5.79. The van der Waals surface area contributed by atoms with Crippen LogP contribution >= 0.6 is 0 Å². The van der Waals surface area contributed by atoms with E-state index in [0.717, 1.165) is 16.5 Å². The van der Waals surface area contributed by atoms with Crippen molar-refractivity contribution in [3.63, 3.8) is 0 Å². The summed E-state index contributed by atoms with van der Waals surface area (Å²) in [5, 5.41) is 5.85. The standard InChI is InChI=1S/C22H16FN3O2/c1-28-19-7-6-16-11-18(5-4-17(16)12-19)22(27)9-3-15-2-8-21(20(23)10-15)26-14-24-13-25-26/h2-14H,1H3/b9-3+. The fourth-order valence-corrected chi connectivity index (χ4v) is 2.92. The number of halogens is 1. The van der Waals surface area contributed by atoms with Crippen LogP contribution in [-0.4, -0.2) is 27.7 Å². The topological polar surface area (TPSA) is 57.0 Å². The molecule has 0 amide bonds. The van der Waals surface area contributed by atoms with Crippen LogP contribution in [0.15, 0.2) is 73.3 Å². The molecule has 0 atom stereocenters. The highest BCUT2D eigenvalue weighted by molar-refractivity contribution is 6.08. The van der Waals surface area contributed by atoms with Crippen LogP contribution in [0, 0.1) is 5.82 Å². The van der Waals surface area contributed by atoms with Gasteiger partial charge in [0.2, 0.25) is 0 Å². The first-order valence-corrected chi connectivity index (χ1v) is 8.59. The average Bonchev–Trinajstić information content (AvgIpc) is 3.25. The Balaban J connectivity index is 1.55. The van der Waals surface area contributed by atoms with Gasteiger partial charge in [-0.05, 0) is 52.7 Å². The molecule has 0 saturated carbocycles. The molecule has 0 bridgehead atoms. The Kier molecular flexibility index (Phi) is 4.68. The van der Waals surface area contributed by atoms with Gasteiger partial charge in [0.25, 0.3) is 0 Å². The minimum atomic E-state index is -0.445. The molecule has 0 fully saturated rings. The number of hydrogen-bond donors (Lipinski definition) is 0. The zero-order chi connectivity index (χ0) is 19.5. The van der Waals surface area contributed by atoms with E-state index < -0.39 is 5.82 Å². The minimum absolute atomic E-state index is 0.154. The molecular weight excluding hydrogens is 357 g/mol. The van der Waals surface area contributed by atoms with Gasteiger partial charge in [-0.25, -0.2) is 14.1 Å². The molecule has 4 rings (SSSR count). The van der Waals surface area contributed by atoms with Crippen LogP contribution < -0.4 is 4.74 Å². The molecule has 0 N–H and O–H groups in total. The summed E-state index contributed by atoms with van der Waals surface area (Å²) >= 11 is 0. The summed E-state index contributed by atoms with van der Waals surface area (Å²) in [5.74, 6) is 0.168. The average molecular weight is 373 g/mol. The number of fused-ring (bicyclic) bond motifs is 1. The number of aromatic nitrogens is 3. The lowest BCUT2D eigenvalue weighted by Gasteiger charge is -2.04. The van der Waals surface area contributed by atoms with Crippen LogP contribution in [0.1, 0.15) is 15.9 Å². The zero-order valence-electron chi connectivity index (χ0n) is 15.0. The maximum atomic E-state index is 14.3. The van der Waals surface area contributed by atoms with E-state index in [0.29, 0.717) is 16.8 Å². The maximum absolute atomic E-state index is 14.3. The number of benzene rings is 3. The van der Waals surface area contributed by atoms with E-state index in [1.165, 1.54) is 29.5 Å².